The third-order valence-electron chi connectivity index (χ3n) is 5.60. The molecule has 2 aromatic rings. The van der Waals surface area contributed by atoms with Gasteiger partial charge in [-0.15, -0.1) is 0 Å². The van der Waals surface area contributed by atoms with Gasteiger partial charge in [0.15, 0.2) is 0 Å². The van der Waals surface area contributed by atoms with Crippen molar-refractivity contribution in [3.8, 4) is 5.75 Å². The van der Waals surface area contributed by atoms with E-state index in [0.717, 1.165) is 42.3 Å². The standard InChI is InChI=1S/C20H24N4O4/c1-13(25)23-9-7-15(11-23)28-14-5-6-16-17(10-14)21-12-22-19(16)18-4-2-3-8-24(18)20(26)27/h5-6,10,12,15,18H,2-4,7-9,11H2,1H3,(H,26,27). The van der Waals surface area contributed by atoms with E-state index in [0.29, 0.717) is 25.4 Å². The van der Waals surface area contributed by atoms with Crippen LogP contribution in [0, 0.1) is 0 Å². The van der Waals surface area contributed by atoms with Crippen LogP contribution in [0.3, 0.4) is 0 Å². The van der Waals surface area contributed by atoms with Crippen molar-refractivity contribution >= 4 is 22.9 Å². The Hall–Kier alpha value is -2.90. The van der Waals surface area contributed by atoms with Gasteiger partial charge in [0.25, 0.3) is 0 Å². The van der Waals surface area contributed by atoms with E-state index >= 15 is 0 Å². The summed E-state index contributed by atoms with van der Waals surface area (Å²) in [5.74, 6) is 0.767. The molecule has 2 atom stereocenters. The van der Waals surface area contributed by atoms with Crippen LogP contribution in [0.15, 0.2) is 24.5 Å². The number of likely N-dealkylation sites (tertiary alicyclic amines) is 2. The highest BCUT2D eigenvalue weighted by molar-refractivity contribution is 5.83. The SMILES string of the molecule is CC(=O)N1CCC(Oc2ccc3c(C4CCCCN4C(=O)O)ncnc3c2)C1. The topological polar surface area (TPSA) is 95.9 Å². The molecule has 28 heavy (non-hydrogen) atoms. The molecule has 3 heterocycles. The summed E-state index contributed by atoms with van der Waals surface area (Å²) < 4.78 is 6.05. The lowest BCUT2D eigenvalue weighted by molar-refractivity contribution is -0.128. The van der Waals surface area contributed by atoms with Gasteiger partial charge in [-0.3, -0.25) is 9.69 Å². The maximum atomic E-state index is 11.6. The second-order valence-electron chi connectivity index (χ2n) is 7.42. The van der Waals surface area contributed by atoms with Gasteiger partial charge in [0.1, 0.15) is 18.2 Å². The number of piperidine rings is 1. The summed E-state index contributed by atoms with van der Waals surface area (Å²) in [5.41, 5.74) is 1.49. The number of carbonyl (C=O) groups excluding carboxylic acids is 1. The lowest BCUT2D eigenvalue weighted by Crippen LogP contribution is -2.37. The predicted octanol–water partition coefficient (Wildman–Crippen LogP) is 2.83. The number of rotatable bonds is 3. The average molecular weight is 384 g/mol. The Morgan fingerprint density at radius 3 is 2.79 bits per heavy atom. The van der Waals surface area contributed by atoms with Crippen LogP contribution in [0.5, 0.6) is 5.75 Å². The first kappa shape index (κ1) is 18.5. The van der Waals surface area contributed by atoms with E-state index in [1.54, 1.807) is 11.8 Å². The van der Waals surface area contributed by atoms with E-state index < -0.39 is 6.09 Å². The largest absolute Gasteiger partial charge is 0.488 e. The van der Waals surface area contributed by atoms with Crippen molar-refractivity contribution < 1.29 is 19.4 Å². The molecule has 0 spiro atoms. The summed E-state index contributed by atoms with van der Waals surface area (Å²) in [4.78, 5) is 35.2. The summed E-state index contributed by atoms with van der Waals surface area (Å²) in [7, 11) is 0. The monoisotopic (exact) mass is 384 g/mol. The smallest absolute Gasteiger partial charge is 0.407 e. The van der Waals surface area contributed by atoms with E-state index in [4.69, 9.17) is 4.74 Å². The Kier molecular flexibility index (Phi) is 5.02. The van der Waals surface area contributed by atoms with Crippen molar-refractivity contribution in [1.82, 2.24) is 19.8 Å². The number of carbonyl (C=O) groups is 2. The Bertz CT molecular complexity index is 903. The normalized spacial score (nSPS) is 22.5. The zero-order valence-corrected chi connectivity index (χ0v) is 15.9. The summed E-state index contributed by atoms with van der Waals surface area (Å²) in [6.07, 6.45) is 3.99. The van der Waals surface area contributed by atoms with Crippen LogP contribution in [0.4, 0.5) is 4.79 Å². The molecule has 148 valence electrons. The van der Waals surface area contributed by atoms with E-state index in [1.165, 1.54) is 11.2 Å². The minimum atomic E-state index is -0.910. The zero-order chi connectivity index (χ0) is 19.7. The minimum Gasteiger partial charge on any atom is -0.488 e. The molecule has 2 aliphatic rings. The van der Waals surface area contributed by atoms with Crippen molar-refractivity contribution in [3.63, 3.8) is 0 Å². The Balaban J connectivity index is 1.58. The minimum absolute atomic E-state index is 0.0245. The molecule has 0 aliphatic carbocycles. The molecule has 1 aromatic heterocycles. The fourth-order valence-electron chi connectivity index (χ4n) is 4.14. The summed E-state index contributed by atoms with van der Waals surface area (Å²) in [5, 5.41) is 10.4. The second-order valence-corrected chi connectivity index (χ2v) is 7.42. The van der Waals surface area contributed by atoms with E-state index in [-0.39, 0.29) is 18.1 Å². The Labute approximate surface area is 163 Å². The molecule has 0 bridgehead atoms. The quantitative estimate of drug-likeness (QED) is 0.874. The molecule has 2 unspecified atom stereocenters. The molecule has 0 saturated carbocycles. The van der Waals surface area contributed by atoms with Crippen LogP contribution < -0.4 is 4.74 Å². The van der Waals surface area contributed by atoms with Crippen LogP contribution in [0.25, 0.3) is 10.9 Å². The molecule has 8 heteroatoms. The Morgan fingerprint density at radius 1 is 1.18 bits per heavy atom. The number of aromatic nitrogens is 2. The van der Waals surface area contributed by atoms with E-state index in [2.05, 4.69) is 9.97 Å². The maximum absolute atomic E-state index is 11.6. The maximum Gasteiger partial charge on any atom is 0.407 e. The van der Waals surface area contributed by atoms with Gasteiger partial charge >= 0.3 is 6.09 Å². The van der Waals surface area contributed by atoms with Gasteiger partial charge in [0, 0.05) is 37.9 Å². The number of amides is 2. The van der Waals surface area contributed by atoms with Gasteiger partial charge in [-0.25, -0.2) is 14.8 Å². The van der Waals surface area contributed by atoms with Crippen LogP contribution in [0.2, 0.25) is 0 Å². The van der Waals surface area contributed by atoms with Crippen LogP contribution in [-0.2, 0) is 4.79 Å². The highest BCUT2D eigenvalue weighted by atomic mass is 16.5. The highest BCUT2D eigenvalue weighted by Gasteiger charge is 2.30. The second kappa shape index (κ2) is 7.61. The molecular weight excluding hydrogens is 360 g/mol. The van der Waals surface area contributed by atoms with Crippen LogP contribution >= 0.6 is 0 Å². The molecule has 1 aromatic carbocycles. The molecule has 2 saturated heterocycles. The van der Waals surface area contributed by atoms with Gasteiger partial charge < -0.3 is 14.7 Å². The first-order valence-electron chi connectivity index (χ1n) is 9.69. The van der Waals surface area contributed by atoms with Gasteiger partial charge in [-0.2, -0.15) is 0 Å². The lowest BCUT2D eigenvalue weighted by atomic mass is 9.97. The summed E-state index contributed by atoms with van der Waals surface area (Å²) in [6.45, 7) is 3.41. The van der Waals surface area contributed by atoms with Gasteiger partial charge in [-0.05, 0) is 31.4 Å². The predicted molar refractivity (Wildman–Crippen MR) is 102 cm³/mol. The van der Waals surface area contributed by atoms with Gasteiger partial charge in [-0.1, -0.05) is 0 Å². The van der Waals surface area contributed by atoms with E-state index in [1.807, 2.05) is 18.2 Å². The van der Waals surface area contributed by atoms with Crippen molar-refractivity contribution in [2.75, 3.05) is 19.6 Å². The van der Waals surface area contributed by atoms with Gasteiger partial charge in [0.05, 0.1) is 23.8 Å². The third kappa shape index (κ3) is 3.58. The fourth-order valence-corrected chi connectivity index (χ4v) is 4.14. The van der Waals surface area contributed by atoms with Crippen LogP contribution in [-0.4, -0.2) is 62.6 Å². The number of benzene rings is 1. The molecular formula is C20H24N4O4. The number of hydrogen-bond donors (Lipinski definition) is 1. The molecule has 4 rings (SSSR count). The third-order valence-corrected chi connectivity index (χ3v) is 5.60. The van der Waals surface area contributed by atoms with Crippen molar-refractivity contribution in [1.29, 1.82) is 0 Å². The molecule has 8 nitrogen and oxygen atoms in total. The average Bonchev–Trinajstić information content (AvgIpc) is 3.16. The molecule has 2 aliphatic heterocycles. The number of ether oxygens (including phenoxy) is 1. The van der Waals surface area contributed by atoms with Crippen molar-refractivity contribution in [2.24, 2.45) is 0 Å². The number of hydrogen-bond acceptors (Lipinski definition) is 5. The first-order chi connectivity index (χ1) is 13.5. The highest BCUT2D eigenvalue weighted by Crippen LogP contribution is 2.34. The van der Waals surface area contributed by atoms with Crippen molar-refractivity contribution in [2.45, 2.75) is 44.8 Å². The first-order valence-corrected chi connectivity index (χ1v) is 9.69. The molecule has 2 amide bonds. The van der Waals surface area contributed by atoms with E-state index in [9.17, 15) is 14.7 Å². The number of nitrogens with zero attached hydrogens (tertiary/aromatic N) is 4. The zero-order valence-electron chi connectivity index (χ0n) is 15.9. The Morgan fingerprint density at radius 2 is 2.04 bits per heavy atom. The van der Waals surface area contributed by atoms with Gasteiger partial charge in [0.2, 0.25) is 5.91 Å². The molecule has 1 N–H and O–H groups in total. The molecule has 2 fully saturated rings. The lowest BCUT2D eigenvalue weighted by Gasteiger charge is -2.33. The number of carboxylic acid groups (broad SMARTS) is 1. The summed E-state index contributed by atoms with van der Waals surface area (Å²) in [6, 6.07) is 5.40. The molecule has 0 radical (unpaired) electrons. The van der Waals surface area contributed by atoms with Crippen LogP contribution in [0.1, 0.15) is 44.3 Å². The number of fused-ring (bicyclic) bond motifs is 1. The fraction of sp³-hybridized carbons (Fsp3) is 0.500. The summed E-state index contributed by atoms with van der Waals surface area (Å²) >= 11 is 0. The van der Waals surface area contributed by atoms with Crippen molar-refractivity contribution in [3.05, 3.63) is 30.2 Å².